The molecule has 0 saturated carbocycles. The number of aromatic nitrogens is 2. The predicted molar refractivity (Wildman–Crippen MR) is 207 cm³/mol. The van der Waals surface area contributed by atoms with E-state index in [4.69, 9.17) is 4.98 Å². The number of nitrogens with zero attached hydrogens (tertiary/aromatic N) is 2. The summed E-state index contributed by atoms with van der Waals surface area (Å²) >= 11 is 3.27. The number of hydrogen-bond acceptors (Lipinski definition) is 5. The van der Waals surface area contributed by atoms with Crippen molar-refractivity contribution in [1.82, 2.24) is 9.97 Å². The first kappa shape index (κ1) is 32.8. The molecule has 50 heavy (non-hydrogen) atoms. The number of benzene rings is 6. The van der Waals surface area contributed by atoms with Gasteiger partial charge >= 0.3 is 0 Å². The summed E-state index contributed by atoms with van der Waals surface area (Å²) in [7, 11) is 0. The van der Waals surface area contributed by atoms with Gasteiger partial charge in [-0.15, -0.1) is 22.7 Å². The van der Waals surface area contributed by atoms with E-state index in [9.17, 15) is 13.9 Å². The number of aryl methyl sites for hydroxylation is 1. The average molecular weight is 693 g/mol. The molecule has 0 fully saturated rings. The minimum absolute atomic E-state index is 0.215. The maximum Gasteiger partial charge on any atom is 0.124 e. The molecule has 1 N–H and O–H groups in total. The SMILES string of the molecule is Cc1ccc2nc(-c3ccc(/C=C/c4ccc(F)cc4)cc3)sc2c1.Oc1ccc2nc(-c3ccc(/C=C/c4ccc(F)cc4)cc3)sc2c1. The van der Waals surface area contributed by atoms with Gasteiger partial charge < -0.3 is 5.11 Å². The average Bonchev–Trinajstić information content (AvgIpc) is 3.76. The van der Waals surface area contributed by atoms with E-state index in [-0.39, 0.29) is 17.4 Å². The molecule has 2 heterocycles. The number of phenols is 1. The maximum absolute atomic E-state index is 12.9. The molecule has 0 aliphatic rings. The summed E-state index contributed by atoms with van der Waals surface area (Å²) in [6.07, 6.45) is 7.95. The van der Waals surface area contributed by atoms with Crippen molar-refractivity contribution in [3.8, 4) is 26.9 Å². The Morgan fingerprint density at radius 2 is 0.860 bits per heavy atom. The molecule has 6 aromatic carbocycles. The second kappa shape index (κ2) is 14.8. The summed E-state index contributed by atoms with van der Waals surface area (Å²) in [5, 5.41) is 11.5. The zero-order valence-corrected chi connectivity index (χ0v) is 28.6. The van der Waals surface area contributed by atoms with Crippen LogP contribution in [0, 0.1) is 18.6 Å². The standard InChI is InChI=1S/C22H16FNS.C21H14FNOS/c1-15-2-13-20-21(14-15)25-22(24-20)18-9-5-16(6-10-18)3-4-17-7-11-19(23)12-8-17;22-17-9-5-15(6-10-17)2-1-14-3-7-16(8-4-14)21-23-19-12-11-18(24)13-20(19)25-21/h2-14H,1H3;1-13,24H/b4-3+;2-1+. The molecule has 0 atom stereocenters. The number of halogens is 2. The minimum Gasteiger partial charge on any atom is -0.508 e. The lowest BCUT2D eigenvalue weighted by atomic mass is 10.1. The van der Waals surface area contributed by atoms with E-state index in [0.717, 1.165) is 59.1 Å². The summed E-state index contributed by atoms with van der Waals surface area (Å²) in [5.41, 5.74) is 9.45. The second-order valence-corrected chi connectivity index (χ2v) is 13.7. The molecule has 7 heteroatoms. The van der Waals surface area contributed by atoms with E-state index in [0.29, 0.717) is 0 Å². The summed E-state index contributed by atoms with van der Waals surface area (Å²) < 4.78 is 28.0. The van der Waals surface area contributed by atoms with Gasteiger partial charge in [-0.3, -0.25) is 0 Å². The molecular formula is C43H30F2N2OS2. The van der Waals surface area contributed by atoms with E-state index in [1.54, 1.807) is 59.1 Å². The van der Waals surface area contributed by atoms with E-state index >= 15 is 0 Å². The Morgan fingerprint density at radius 3 is 1.30 bits per heavy atom. The molecule has 0 spiro atoms. The van der Waals surface area contributed by atoms with Gasteiger partial charge in [0.1, 0.15) is 27.4 Å². The van der Waals surface area contributed by atoms with E-state index < -0.39 is 0 Å². The highest BCUT2D eigenvalue weighted by Gasteiger charge is 2.08. The van der Waals surface area contributed by atoms with Crippen molar-refractivity contribution in [3.05, 3.63) is 173 Å². The Labute approximate surface area is 296 Å². The Hall–Kier alpha value is -5.76. The van der Waals surface area contributed by atoms with Gasteiger partial charge in [0.2, 0.25) is 0 Å². The van der Waals surface area contributed by atoms with Crippen LogP contribution in [0.1, 0.15) is 27.8 Å². The fraction of sp³-hybridized carbons (Fsp3) is 0.0233. The normalized spacial score (nSPS) is 11.4. The third-order valence-corrected chi connectivity index (χ3v) is 10.0. The van der Waals surface area contributed by atoms with Crippen molar-refractivity contribution in [1.29, 1.82) is 0 Å². The number of aromatic hydroxyl groups is 1. The number of phenolic OH excluding ortho intramolecular Hbond substituents is 1. The molecule has 0 radical (unpaired) electrons. The summed E-state index contributed by atoms with van der Waals surface area (Å²) in [5.74, 6) is -0.192. The molecule has 0 aliphatic carbocycles. The fourth-order valence-electron chi connectivity index (χ4n) is 5.20. The van der Waals surface area contributed by atoms with Crippen molar-refractivity contribution in [2.45, 2.75) is 6.92 Å². The van der Waals surface area contributed by atoms with E-state index in [1.807, 2.05) is 54.6 Å². The van der Waals surface area contributed by atoms with Gasteiger partial charge in [0.05, 0.1) is 20.4 Å². The molecule has 0 bridgehead atoms. The van der Waals surface area contributed by atoms with Gasteiger partial charge in [-0.05, 0) is 89.3 Å². The molecule has 244 valence electrons. The van der Waals surface area contributed by atoms with Crippen molar-refractivity contribution >= 4 is 67.4 Å². The van der Waals surface area contributed by atoms with Crippen molar-refractivity contribution in [2.75, 3.05) is 0 Å². The summed E-state index contributed by atoms with van der Waals surface area (Å²) in [6, 6.07) is 40.9. The van der Waals surface area contributed by atoms with Crippen molar-refractivity contribution in [2.24, 2.45) is 0 Å². The Kier molecular flexibility index (Phi) is 9.69. The highest BCUT2D eigenvalue weighted by molar-refractivity contribution is 7.22. The molecule has 8 rings (SSSR count). The molecule has 2 aromatic heterocycles. The number of fused-ring (bicyclic) bond motifs is 2. The largest absolute Gasteiger partial charge is 0.508 e. The Bertz CT molecular complexity index is 2270. The number of hydrogen-bond donors (Lipinski definition) is 1. The summed E-state index contributed by atoms with van der Waals surface area (Å²) in [4.78, 5) is 9.33. The lowest BCUT2D eigenvalue weighted by molar-refractivity contribution is 0.476. The maximum atomic E-state index is 12.9. The van der Waals surface area contributed by atoms with Crippen molar-refractivity contribution in [3.63, 3.8) is 0 Å². The van der Waals surface area contributed by atoms with Gasteiger partial charge in [0.15, 0.2) is 0 Å². The number of thiazole rings is 2. The zero-order valence-electron chi connectivity index (χ0n) is 26.9. The van der Waals surface area contributed by atoms with Crippen LogP contribution < -0.4 is 0 Å². The smallest absolute Gasteiger partial charge is 0.124 e. The van der Waals surface area contributed by atoms with Crippen LogP contribution in [0.3, 0.4) is 0 Å². The third-order valence-electron chi connectivity index (χ3n) is 7.91. The first-order valence-electron chi connectivity index (χ1n) is 15.9. The van der Waals surface area contributed by atoms with Crippen LogP contribution in [-0.4, -0.2) is 15.1 Å². The van der Waals surface area contributed by atoms with Crippen LogP contribution in [0.2, 0.25) is 0 Å². The van der Waals surface area contributed by atoms with Gasteiger partial charge in [0, 0.05) is 11.1 Å². The van der Waals surface area contributed by atoms with Crippen molar-refractivity contribution < 1.29 is 13.9 Å². The van der Waals surface area contributed by atoms with Gasteiger partial charge in [-0.25, -0.2) is 18.7 Å². The molecule has 0 unspecified atom stereocenters. The lowest BCUT2D eigenvalue weighted by Gasteiger charge is -1.98. The monoisotopic (exact) mass is 692 g/mol. The number of rotatable bonds is 6. The molecule has 0 saturated heterocycles. The third kappa shape index (κ3) is 8.09. The van der Waals surface area contributed by atoms with E-state index in [1.165, 1.54) is 34.5 Å². The topological polar surface area (TPSA) is 46.0 Å². The first-order valence-corrected chi connectivity index (χ1v) is 17.5. The fourth-order valence-corrected chi connectivity index (χ4v) is 7.27. The van der Waals surface area contributed by atoms with Crippen LogP contribution in [0.5, 0.6) is 5.75 Å². The van der Waals surface area contributed by atoms with Crippen LogP contribution in [0.25, 0.3) is 65.9 Å². The Morgan fingerprint density at radius 1 is 0.480 bits per heavy atom. The minimum atomic E-state index is -0.231. The predicted octanol–water partition coefficient (Wildman–Crippen LogP) is 12.6. The summed E-state index contributed by atoms with van der Waals surface area (Å²) in [6.45, 7) is 2.10. The van der Waals surface area contributed by atoms with E-state index in [2.05, 4.69) is 54.4 Å². The van der Waals surface area contributed by atoms with Gasteiger partial charge in [-0.2, -0.15) is 0 Å². The quantitative estimate of drug-likeness (QED) is 0.176. The van der Waals surface area contributed by atoms with Gasteiger partial charge in [0.25, 0.3) is 0 Å². The highest BCUT2D eigenvalue weighted by atomic mass is 32.1. The molecule has 0 aliphatic heterocycles. The second-order valence-electron chi connectivity index (χ2n) is 11.7. The molecular weight excluding hydrogens is 663 g/mol. The molecule has 3 nitrogen and oxygen atoms in total. The van der Waals surface area contributed by atoms with Gasteiger partial charge in [-0.1, -0.05) is 103 Å². The van der Waals surface area contributed by atoms with Crippen LogP contribution in [0.15, 0.2) is 133 Å². The first-order chi connectivity index (χ1) is 24.3. The Balaban J connectivity index is 0.000000157. The van der Waals surface area contributed by atoms with Crippen LogP contribution in [-0.2, 0) is 0 Å². The highest BCUT2D eigenvalue weighted by Crippen LogP contribution is 2.33. The molecule has 8 aromatic rings. The zero-order chi connectivity index (χ0) is 34.5. The van der Waals surface area contributed by atoms with Crippen LogP contribution >= 0.6 is 22.7 Å². The molecule has 0 amide bonds. The lowest BCUT2D eigenvalue weighted by Crippen LogP contribution is -1.78. The van der Waals surface area contributed by atoms with Crippen LogP contribution in [0.4, 0.5) is 8.78 Å².